The van der Waals surface area contributed by atoms with Gasteiger partial charge >= 0.3 is 0 Å². The van der Waals surface area contributed by atoms with E-state index in [0.29, 0.717) is 5.89 Å². The van der Waals surface area contributed by atoms with E-state index in [2.05, 4.69) is 9.97 Å². The van der Waals surface area contributed by atoms with Crippen LogP contribution >= 0.6 is 0 Å². The van der Waals surface area contributed by atoms with Gasteiger partial charge < -0.3 is 10.2 Å². The van der Waals surface area contributed by atoms with Gasteiger partial charge in [-0.2, -0.15) is 0 Å². The van der Waals surface area contributed by atoms with E-state index in [1.165, 1.54) is 0 Å². The van der Waals surface area contributed by atoms with E-state index in [1.54, 1.807) is 12.4 Å². The van der Waals surface area contributed by atoms with E-state index >= 15 is 0 Å². The zero-order valence-electron chi connectivity index (χ0n) is 10.5. The third-order valence-corrected chi connectivity index (χ3v) is 2.91. The number of nitrogens with two attached hydrogens (primary N) is 1. The molecule has 0 aliphatic carbocycles. The second-order valence-electron chi connectivity index (χ2n) is 4.28. The molecule has 1 aromatic carbocycles. The van der Waals surface area contributed by atoms with Gasteiger partial charge in [-0.15, -0.1) is 0 Å². The first-order valence-electron chi connectivity index (χ1n) is 5.98. The molecule has 94 valence electrons. The lowest BCUT2D eigenvalue weighted by Crippen LogP contribution is -1.84. The molecule has 0 atom stereocenters. The van der Waals surface area contributed by atoms with Gasteiger partial charge in [0, 0.05) is 29.2 Å². The van der Waals surface area contributed by atoms with Gasteiger partial charge in [0.15, 0.2) is 0 Å². The summed E-state index contributed by atoms with van der Waals surface area (Å²) < 4.78 is 5.72. The van der Waals surface area contributed by atoms with Crippen molar-refractivity contribution in [2.45, 2.75) is 6.92 Å². The number of rotatable bonds is 2. The third kappa shape index (κ3) is 2.20. The molecule has 0 spiro atoms. The zero-order chi connectivity index (χ0) is 13.2. The van der Waals surface area contributed by atoms with Crippen molar-refractivity contribution in [1.29, 1.82) is 0 Å². The number of hydrogen-bond donors (Lipinski definition) is 1. The number of oxazole rings is 1. The lowest BCUT2D eigenvalue weighted by atomic mass is 10.2. The highest BCUT2D eigenvalue weighted by molar-refractivity contribution is 5.65. The first-order chi connectivity index (χ1) is 9.24. The van der Waals surface area contributed by atoms with Crippen LogP contribution in [0.4, 0.5) is 5.69 Å². The summed E-state index contributed by atoms with van der Waals surface area (Å²) in [5.74, 6) is 1.39. The molecule has 0 saturated carbocycles. The standard InChI is InChI=1S/C15H13N3O/c1-10-14(11-6-8-17-9-7-11)18-15(19-10)12-2-4-13(16)5-3-12/h2-9H,16H2,1H3. The molecule has 3 aromatic rings. The Morgan fingerprint density at radius 2 is 1.63 bits per heavy atom. The van der Waals surface area contributed by atoms with Gasteiger partial charge in [0.2, 0.25) is 5.89 Å². The van der Waals surface area contributed by atoms with Crippen molar-refractivity contribution in [3.63, 3.8) is 0 Å². The molecule has 4 nitrogen and oxygen atoms in total. The topological polar surface area (TPSA) is 64.9 Å². The lowest BCUT2D eigenvalue weighted by Gasteiger charge is -1.96. The van der Waals surface area contributed by atoms with E-state index in [4.69, 9.17) is 10.2 Å². The molecule has 2 N–H and O–H groups in total. The summed E-state index contributed by atoms with van der Waals surface area (Å²) in [6, 6.07) is 11.3. The monoisotopic (exact) mass is 251 g/mol. The Morgan fingerprint density at radius 3 is 2.32 bits per heavy atom. The number of benzene rings is 1. The fourth-order valence-corrected chi connectivity index (χ4v) is 1.92. The van der Waals surface area contributed by atoms with E-state index in [1.807, 2.05) is 43.3 Å². The normalized spacial score (nSPS) is 10.6. The number of hydrogen-bond acceptors (Lipinski definition) is 4. The highest BCUT2D eigenvalue weighted by atomic mass is 16.4. The van der Waals surface area contributed by atoms with Crippen molar-refractivity contribution in [2.75, 3.05) is 5.73 Å². The Labute approximate surface area is 110 Å². The number of aryl methyl sites for hydroxylation is 1. The van der Waals surface area contributed by atoms with Crippen LogP contribution in [0.5, 0.6) is 0 Å². The molecule has 0 aliphatic rings. The van der Waals surface area contributed by atoms with Gasteiger partial charge in [-0.05, 0) is 43.3 Å². The maximum atomic E-state index is 5.72. The number of aromatic nitrogens is 2. The van der Waals surface area contributed by atoms with E-state index in [0.717, 1.165) is 28.3 Å². The fourth-order valence-electron chi connectivity index (χ4n) is 1.92. The van der Waals surface area contributed by atoms with Gasteiger partial charge in [-0.25, -0.2) is 4.98 Å². The van der Waals surface area contributed by atoms with Gasteiger partial charge in [0.05, 0.1) is 0 Å². The molecule has 0 bridgehead atoms. The Kier molecular flexibility index (Phi) is 2.76. The summed E-state index contributed by atoms with van der Waals surface area (Å²) in [7, 11) is 0. The SMILES string of the molecule is Cc1oc(-c2ccc(N)cc2)nc1-c1ccncc1. The van der Waals surface area contributed by atoms with E-state index in [9.17, 15) is 0 Å². The first kappa shape index (κ1) is 11.5. The van der Waals surface area contributed by atoms with Crippen LogP contribution in [0, 0.1) is 6.92 Å². The number of nitrogens with zero attached hydrogens (tertiary/aromatic N) is 2. The van der Waals surface area contributed by atoms with Crippen LogP contribution in [0.1, 0.15) is 5.76 Å². The number of pyridine rings is 1. The predicted molar refractivity (Wildman–Crippen MR) is 74.3 cm³/mol. The van der Waals surface area contributed by atoms with Crippen molar-refractivity contribution >= 4 is 5.69 Å². The van der Waals surface area contributed by atoms with E-state index < -0.39 is 0 Å². The van der Waals surface area contributed by atoms with Crippen molar-refractivity contribution in [1.82, 2.24) is 9.97 Å². The second-order valence-corrected chi connectivity index (χ2v) is 4.28. The van der Waals surface area contributed by atoms with E-state index in [-0.39, 0.29) is 0 Å². The van der Waals surface area contributed by atoms with Crippen molar-refractivity contribution in [3.8, 4) is 22.7 Å². The van der Waals surface area contributed by atoms with Crippen LogP contribution < -0.4 is 5.73 Å². The molecule has 2 aromatic heterocycles. The lowest BCUT2D eigenvalue weighted by molar-refractivity contribution is 0.543. The Bertz CT molecular complexity index is 687. The predicted octanol–water partition coefficient (Wildman–Crippen LogP) is 3.29. The molecule has 0 aliphatic heterocycles. The molecule has 0 saturated heterocycles. The molecule has 0 unspecified atom stereocenters. The summed E-state index contributed by atoms with van der Waals surface area (Å²) in [4.78, 5) is 8.55. The minimum Gasteiger partial charge on any atom is -0.441 e. The van der Waals surface area contributed by atoms with Gasteiger partial charge in [-0.3, -0.25) is 4.98 Å². The molecule has 0 amide bonds. The summed E-state index contributed by atoms with van der Waals surface area (Å²) in [6.45, 7) is 1.91. The zero-order valence-corrected chi connectivity index (χ0v) is 10.5. The quantitative estimate of drug-likeness (QED) is 0.710. The molecule has 19 heavy (non-hydrogen) atoms. The summed E-state index contributed by atoms with van der Waals surface area (Å²) in [5, 5.41) is 0. The average Bonchev–Trinajstić information content (AvgIpc) is 2.83. The van der Waals surface area contributed by atoms with Crippen molar-refractivity contribution in [3.05, 3.63) is 54.6 Å². The van der Waals surface area contributed by atoms with Gasteiger partial charge in [0.25, 0.3) is 0 Å². The van der Waals surface area contributed by atoms with Crippen LogP contribution in [-0.2, 0) is 0 Å². The second kappa shape index (κ2) is 4.57. The van der Waals surface area contributed by atoms with Crippen LogP contribution in [0.25, 0.3) is 22.7 Å². The molecule has 3 rings (SSSR count). The Balaban J connectivity index is 2.04. The highest BCUT2D eigenvalue weighted by Gasteiger charge is 2.12. The van der Waals surface area contributed by atoms with Crippen molar-refractivity contribution < 1.29 is 4.42 Å². The largest absolute Gasteiger partial charge is 0.441 e. The number of anilines is 1. The molecular formula is C15H13N3O. The number of nitrogen functional groups attached to an aromatic ring is 1. The molecule has 4 heteroatoms. The summed E-state index contributed by atoms with van der Waals surface area (Å²) >= 11 is 0. The van der Waals surface area contributed by atoms with Crippen molar-refractivity contribution in [2.24, 2.45) is 0 Å². The summed E-state index contributed by atoms with van der Waals surface area (Å²) in [5.41, 5.74) is 9.15. The first-order valence-corrected chi connectivity index (χ1v) is 5.98. The minimum absolute atomic E-state index is 0.601. The molecular weight excluding hydrogens is 238 g/mol. The molecule has 0 fully saturated rings. The molecule has 0 radical (unpaired) electrons. The van der Waals surface area contributed by atoms with Gasteiger partial charge in [0.1, 0.15) is 11.5 Å². The molecule has 2 heterocycles. The average molecular weight is 251 g/mol. The Hall–Kier alpha value is -2.62. The maximum Gasteiger partial charge on any atom is 0.226 e. The van der Waals surface area contributed by atoms with Crippen LogP contribution in [0.3, 0.4) is 0 Å². The smallest absolute Gasteiger partial charge is 0.226 e. The fraction of sp³-hybridized carbons (Fsp3) is 0.0667. The maximum absolute atomic E-state index is 5.72. The Morgan fingerprint density at radius 1 is 0.947 bits per heavy atom. The highest BCUT2D eigenvalue weighted by Crippen LogP contribution is 2.28. The third-order valence-electron chi connectivity index (χ3n) is 2.91. The minimum atomic E-state index is 0.601. The van der Waals surface area contributed by atoms with Crippen LogP contribution in [0.15, 0.2) is 53.2 Å². The summed E-state index contributed by atoms with van der Waals surface area (Å²) in [6.07, 6.45) is 3.48. The van der Waals surface area contributed by atoms with Gasteiger partial charge in [-0.1, -0.05) is 0 Å². The van der Waals surface area contributed by atoms with Crippen LogP contribution in [0.2, 0.25) is 0 Å². The van der Waals surface area contributed by atoms with Crippen LogP contribution in [-0.4, -0.2) is 9.97 Å².